The number of carbonyl (C=O) groups excluding carboxylic acids is 1. The minimum absolute atomic E-state index is 0.0752. The molecule has 2 aromatic rings. The van der Waals surface area contributed by atoms with Crippen molar-refractivity contribution < 1.29 is 9.53 Å². The maximum absolute atomic E-state index is 11.9. The third kappa shape index (κ3) is 4.22. The van der Waals surface area contributed by atoms with Gasteiger partial charge in [-0.25, -0.2) is 9.97 Å². The van der Waals surface area contributed by atoms with Gasteiger partial charge in [0.25, 0.3) is 0 Å². The van der Waals surface area contributed by atoms with E-state index in [1.165, 1.54) is 0 Å². The maximum atomic E-state index is 11.9. The van der Waals surface area contributed by atoms with E-state index in [0.717, 1.165) is 55.3 Å². The molecule has 0 saturated carbocycles. The third-order valence-electron chi connectivity index (χ3n) is 4.69. The maximum Gasteiger partial charge on any atom is 0.248 e. The molecule has 3 heterocycles. The fourth-order valence-electron chi connectivity index (χ4n) is 3.34. The molecule has 0 atom stereocenters. The zero-order valence-electron chi connectivity index (χ0n) is 15.1. The molecule has 1 fully saturated rings. The molecule has 0 radical (unpaired) electrons. The van der Waals surface area contributed by atoms with Crippen LogP contribution in [0.3, 0.4) is 0 Å². The van der Waals surface area contributed by atoms with Gasteiger partial charge in [-0.3, -0.25) is 9.48 Å². The molecule has 1 aliphatic rings. The number of aryl methyl sites for hydroxylation is 2. The number of nitrogens with zero attached hydrogens (tertiary/aromatic N) is 5. The summed E-state index contributed by atoms with van der Waals surface area (Å²) in [6, 6.07) is 3.96. The van der Waals surface area contributed by atoms with Crippen molar-refractivity contribution in [2.24, 2.45) is 13.0 Å². The summed E-state index contributed by atoms with van der Waals surface area (Å²) in [7, 11) is 3.47. The first-order valence-corrected chi connectivity index (χ1v) is 8.66. The normalized spacial score (nSPS) is 15.6. The lowest BCUT2D eigenvalue weighted by Crippen LogP contribution is -2.40. The summed E-state index contributed by atoms with van der Waals surface area (Å²) in [6.45, 7) is 3.73. The molecule has 25 heavy (non-hydrogen) atoms. The van der Waals surface area contributed by atoms with Gasteiger partial charge in [0.05, 0.1) is 11.4 Å². The van der Waals surface area contributed by atoms with E-state index in [9.17, 15) is 4.79 Å². The van der Waals surface area contributed by atoms with Crippen molar-refractivity contribution in [1.82, 2.24) is 24.6 Å². The number of hydrogen-bond acceptors (Lipinski definition) is 5. The number of methoxy groups -OCH3 is 1. The van der Waals surface area contributed by atoms with Crippen LogP contribution < -0.4 is 0 Å². The molecule has 7 heteroatoms. The van der Waals surface area contributed by atoms with Gasteiger partial charge in [0, 0.05) is 45.6 Å². The minimum Gasteiger partial charge on any atom is -0.375 e. The molecule has 1 amide bonds. The highest BCUT2D eigenvalue weighted by Crippen LogP contribution is 2.22. The summed E-state index contributed by atoms with van der Waals surface area (Å²) in [5.41, 5.74) is 2.87. The lowest BCUT2D eigenvalue weighted by Gasteiger charge is -2.31. The SMILES string of the molecule is COCC(=O)N1CCC(Cc2nc(C)cc(-c3ccnn3C)n2)CC1. The van der Waals surface area contributed by atoms with Crippen LogP contribution in [0.4, 0.5) is 0 Å². The largest absolute Gasteiger partial charge is 0.375 e. The molecule has 2 aromatic heterocycles. The molecule has 3 rings (SSSR count). The Bertz CT molecular complexity index is 735. The quantitative estimate of drug-likeness (QED) is 0.825. The molecule has 1 aliphatic heterocycles. The second-order valence-corrected chi connectivity index (χ2v) is 6.61. The van der Waals surface area contributed by atoms with Crippen molar-refractivity contribution in [3.8, 4) is 11.4 Å². The van der Waals surface area contributed by atoms with Gasteiger partial charge in [0.2, 0.25) is 5.91 Å². The Kier molecular flexibility index (Phi) is 5.43. The van der Waals surface area contributed by atoms with Crippen molar-refractivity contribution in [3.05, 3.63) is 29.8 Å². The van der Waals surface area contributed by atoms with Gasteiger partial charge < -0.3 is 9.64 Å². The highest BCUT2D eigenvalue weighted by Gasteiger charge is 2.23. The zero-order valence-corrected chi connectivity index (χ0v) is 15.1. The first kappa shape index (κ1) is 17.5. The number of likely N-dealkylation sites (tertiary alicyclic amines) is 1. The van der Waals surface area contributed by atoms with E-state index < -0.39 is 0 Å². The van der Waals surface area contributed by atoms with Crippen molar-refractivity contribution in [3.63, 3.8) is 0 Å². The molecule has 1 saturated heterocycles. The van der Waals surface area contributed by atoms with E-state index in [-0.39, 0.29) is 12.5 Å². The van der Waals surface area contributed by atoms with Crippen LogP contribution in [-0.4, -0.2) is 57.4 Å². The Morgan fingerprint density at radius 2 is 2.08 bits per heavy atom. The van der Waals surface area contributed by atoms with Crippen LogP contribution in [0.15, 0.2) is 18.3 Å². The number of rotatable bonds is 5. The van der Waals surface area contributed by atoms with Gasteiger partial charge in [0.15, 0.2) is 0 Å². The first-order valence-electron chi connectivity index (χ1n) is 8.66. The van der Waals surface area contributed by atoms with E-state index in [1.54, 1.807) is 13.3 Å². The number of ether oxygens (including phenoxy) is 1. The summed E-state index contributed by atoms with van der Waals surface area (Å²) in [5.74, 6) is 1.46. The molecule has 134 valence electrons. The average molecular weight is 343 g/mol. The number of aromatic nitrogens is 4. The van der Waals surface area contributed by atoms with Gasteiger partial charge in [0.1, 0.15) is 12.4 Å². The van der Waals surface area contributed by atoms with Crippen LogP contribution in [0.1, 0.15) is 24.4 Å². The Morgan fingerprint density at radius 1 is 1.32 bits per heavy atom. The monoisotopic (exact) mass is 343 g/mol. The number of carbonyl (C=O) groups is 1. The number of piperidine rings is 1. The van der Waals surface area contributed by atoms with E-state index in [1.807, 2.05) is 35.7 Å². The van der Waals surface area contributed by atoms with Crippen molar-refractivity contribution >= 4 is 5.91 Å². The Balaban J connectivity index is 1.65. The van der Waals surface area contributed by atoms with Gasteiger partial charge in [-0.2, -0.15) is 5.10 Å². The molecule has 0 unspecified atom stereocenters. The summed E-state index contributed by atoms with van der Waals surface area (Å²) in [4.78, 5) is 23.1. The average Bonchev–Trinajstić information content (AvgIpc) is 3.01. The van der Waals surface area contributed by atoms with Crippen molar-refractivity contribution in [1.29, 1.82) is 0 Å². The number of hydrogen-bond donors (Lipinski definition) is 0. The van der Waals surface area contributed by atoms with Gasteiger partial charge in [-0.15, -0.1) is 0 Å². The van der Waals surface area contributed by atoms with Crippen molar-refractivity contribution in [2.45, 2.75) is 26.2 Å². The van der Waals surface area contributed by atoms with Crippen LogP contribution in [0, 0.1) is 12.8 Å². The Labute approximate surface area is 148 Å². The molecule has 0 aromatic carbocycles. The van der Waals surface area contributed by atoms with E-state index in [4.69, 9.17) is 9.72 Å². The predicted molar refractivity (Wildman–Crippen MR) is 93.9 cm³/mol. The summed E-state index contributed by atoms with van der Waals surface area (Å²) < 4.78 is 6.76. The highest BCUT2D eigenvalue weighted by molar-refractivity contribution is 5.77. The second kappa shape index (κ2) is 7.74. The van der Waals surface area contributed by atoms with Crippen LogP contribution in [0.25, 0.3) is 11.4 Å². The fourth-order valence-corrected chi connectivity index (χ4v) is 3.34. The van der Waals surface area contributed by atoms with E-state index in [2.05, 4.69) is 10.1 Å². The van der Waals surface area contributed by atoms with Crippen LogP contribution >= 0.6 is 0 Å². The van der Waals surface area contributed by atoms with Gasteiger partial charge in [-0.05, 0) is 37.8 Å². The molecular weight excluding hydrogens is 318 g/mol. The molecule has 7 nitrogen and oxygen atoms in total. The molecule has 0 bridgehead atoms. The highest BCUT2D eigenvalue weighted by atomic mass is 16.5. The topological polar surface area (TPSA) is 73.1 Å². The van der Waals surface area contributed by atoms with Crippen LogP contribution in [0.5, 0.6) is 0 Å². The van der Waals surface area contributed by atoms with E-state index >= 15 is 0 Å². The molecule has 0 spiro atoms. The molecular formula is C18H25N5O2. The van der Waals surface area contributed by atoms with E-state index in [0.29, 0.717) is 5.92 Å². The second-order valence-electron chi connectivity index (χ2n) is 6.61. The van der Waals surface area contributed by atoms with Crippen molar-refractivity contribution in [2.75, 3.05) is 26.8 Å². The predicted octanol–water partition coefficient (Wildman–Crippen LogP) is 1.61. The summed E-state index contributed by atoms with van der Waals surface area (Å²) >= 11 is 0. The van der Waals surface area contributed by atoms with Gasteiger partial charge >= 0.3 is 0 Å². The zero-order chi connectivity index (χ0) is 17.8. The molecule has 0 aliphatic carbocycles. The smallest absolute Gasteiger partial charge is 0.248 e. The summed E-state index contributed by atoms with van der Waals surface area (Å²) in [6.07, 6.45) is 4.58. The Hall–Kier alpha value is -2.28. The van der Waals surface area contributed by atoms with Gasteiger partial charge in [-0.1, -0.05) is 0 Å². The fraction of sp³-hybridized carbons (Fsp3) is 0.556. The molecule has 0 N–H and O–H groups in total. The third-order valence-corrected chi connectivity index (χ3v) is 4.69. The van der Waals surface area contributed by atoms with Crippen LogP contribution in [0.2, 0.25) is 0 Å². The van der Waals surface area contributed by atoms with Crippen LogP contribution in [-0.2, 0) is 23.0 Å². The minimum atomic E-state index is 0.0752. The lowest BCUT2D eigenvalue weighted by atomic mass is 9.93. The Morgan fingerprint density at radius 3 is 2.72 bits per heavy atom. The number of amides is 1. The lowest BCUT2D eigenvalue weighted by molar-refractivity contribution is -0.136. The standard InChI is InChI=1S/C18H25N5O2/c1-13-10-15(16-4-7-19-22(16)2)21-17(20-13)11-14-5-8-23(9-6-14)18(24)12-25-3/h4,7,10,14H,5-6,8-9,11-12H2,1-3H3. The first-order chi connectivity index (χ1) is 12.1. The summed E-state index contributed by atoms with van der Waals surface area (Å²) in [5, 5.41) is 4.22.